The van der Waals surface area contributed by atoms with Crippen LogP contribution in [0, 0.1) is 0 Å². The lowest BCUT2D eigenvalue weighted by atomic mass is 9.87. The lowest BCUT2D eigenvalue weighted by Crippen LogP contribution is -2.26. The molecule has 1 amide bonds. The SMILES string of the molecule is CC(C)(C)c1ccc(NC(=O)COn2nnc3ccccc32)cc1. The summed E-state index contributed by atoms with van der Waals surface area (Å²) in [6.07, 6.45) is 0. The van der Waals surface area contributed by atoms with Crippen LogP contribution in [0.4, 0.5) is 5.69 Å². The minimum absolute atomic E-state index is 0.0831. The van der Waals surface area contributed by atoms with Gasteiger partial charge in [0.1, 0.15) is 11.0 Å². The average Bonchev–Trinajstić information content (AvgIpc) is 2.96. The van der Waals surface area contributed by atoms with Gasteiger partial charge in [-0.3, -0.25) is 4.79 Å². The highest BCUT2D eigenvalue weighted by Crippen LogP contribution is 2.23. The van der Waals surface area contributed by atoms with E-state index >= 15 is 0 Å². The number of nitrogens with zero attached hydrogens (tertiary/aromatic N) is 3. The maximum atomic E-state index is 12.0. The summed E-state index contributed by atoms with van der Waals surface area (Å²) in [5.41, 5.74) is 3.47. The normalized spacial score (nSPS) is 11.5. The molecule has 3 rings (SSSR count). The van der Waals surface area contributed by atoms with E-state index in [1.807, 2.05) is 48.5 Å². The van der Waals surface area contributed by atoms with Crippen LogP contribution in [-0.4, -0.2) is 27.7 Å². The summed E-state index contributed by atoms with van der Waals surface area (Å²) in [6, 6.07) is 15.2. The van der Waals surface area contributed by atoms with Crippen LogP contribution >= 0.6 is 0 Å². The van der Waals surface area contributed by atoms with Gasteiger partial charge < -0.3 is 10.2 Å². The van der Waals surface area contributed by atoms with Gasteiger partial charge in [-0.15, -0.1) is 5.10 Å². The van der Waals surface area contributed by atoms with Crippen LogP contribution in [0.3, 0.4) is 0 Å². The molecule has 0 aliphatic heterocycles. The van der Waals surface area contributed by atoms with Crippen molar-refractivity contribution in [1.82, 2.24) is 15.2 Å². The average molecular weight is 324 g/mol. The van der Waals surface area contributed by atoms with E-state index in [1.165, 1.54) is 10.4 Å². The minimum Gasteiger partial charge on any atom is -0.385 e. The van der Waals surface area contributed by atoms with Crippen LogP contribution < -0.4 is 10.2 Å². The zero-order valence-corrected chi connectivity index (χ0v) is 14.0. The highest BCUT2D eigenvalue weighted by atomic mass is 16.7. The van der Waals surface area contributed by atoms with Gasteiger partial charge in [0.05, 0.1) is 0 Å². The summed E-state index contributed by atoms with van der Waals surface area (Å²) < 4.78 is 0. The zero-order chi connectivity index (χ0) is 17.2. The van der Waals surface area contributed by atoms with Crippen molar-refractivity contribution in [1.29, 1.82) is 0 Å². The number of para-hydroxylation sites is 1. The first-order valence-corrected chi connectivity index (χ1v) is 7.77. The van der Waals surface area contributed by atoms with Crippen LogP contribution in [0.2, 0.25) is 0 Å². The molecule has 6 nitrogen and oxygen atoms in total. The first-order chi connectivity index (χ1) is 11.4. The molecule has 1 N–H and O–H groups in total. The van der Waals surface area contributed by atoms with E-state index in [-0.39, 0.29) is 17.9 Å². The van der Waals surface area contributed by atoms with E-state index in [1.54, 1.807) is 0 Å². The molecule has 3 aromatic rings. The predicted octanol–water partition coefficient (Wildman–Crippen LogP) is 2.80. The Bertz CT molecular complexity index is 847. The van der Waals surface area contributed by atoms with Gasteiger partial charge in [0.2, 0.25) is 0 Å². The van der Waals surface area contributed by atoms with Gasteiger partial charge in [-0.05, 0) is 40.5 Å². The van der Waals surface area contributed by atoms with Crippen LogP contribution in [0.25, 0.3) is 11.0 Å². The fourth-order valence-electron chi connectivity index (χ4n) is 2.31. The van der Waals surface area contributed by atoms with Crippen molar-refractivity contribution < 1.29 is 9.63 Å². The number of hydrogen-bond acceptors (Lipinski definition) is 4. The van der Waals surface area contributed by atoms with E-state index in [9.17, 15) is 4.79 Å². The van der Waals surface area contributed by atoms with Crippen LogP contribution in [0.5, 0.6) is 0 Å². The molecule has 124 valence electrons. The minimum atomic E-state index is -0.252. The summed E-state index contributed by atoms with van der Waals surface area (Å²) in [7, 11) is 0. The molecule has 0 fully saturated rings. The number of nitrogens with one attached hydrogen (secondary N) is 1. The molecule has 6 heteroatoms. The van der Waals surface area contributed by atoms with E-state index in [2.05, 4.69) is 36.4 Å². The number of carbonyl (C=O) groups is 1. The maximum absolute atomic E-state index is 12.0. The fraction of sp³-hybridized carbons (Fsp3) is 0.278. The van der Waals surface area contributed by atoms with E-state index in [0.29, 0.717) is 0 Å². The second kappa shape index (κ2) is 6.31. The number of anilines is 1. The number of hydrogen-bond donors (Lipinski definition) is 1. The molecule has 0 unspecified atom stereocenters. The molecule has 0 bridgehead atoms. The number of rotatable bonds is 4. The van der Waals surface area contributed by atoms with Crippen molar-refractivity contribution in [2.75, 3.05) is 11.9 Å². The van der Waals surface area contributed by atoms with E-state index < -0.39 is 0 Å². The Hall–Kier alpha value is -2.89. The summed E-state index contributed by atoms with van der Waals surface area (Å²) >= 11 is 0. The van der Waals surface area contributed by atoms with Gasteiger partial charge in [-0.2, -0.15) is 0 Å². The molecular weight excluding hydrogens is 304 g/mol. The van der Waals surface area contributed by atoms with E-state index in [0.717, 1.165) is 16.7 Å². The molecule has 0 saturated carbocycles. The van der Waals surface area contributed by atoms with Crippen LogP contribution in [-0.2, 0) is 10.2 Å². The lowest BCUT2D eigenvalue weighted by Gasteiger charge is -2.19. The Morgan fingerprint density at radius 3 is 2.54 bits per heavy atom. The van der Waals surface area contributed by atoms with Crippen LogP contribution in [0.1, 0.15) is 26.3 Å². The highest BCUT2D eigenvalue weighted by molar-refractivity contribution is 5.91. The molecule has 0 radical (unpaired) electrons. The molecule has 24 heavy (non-hydrogen) atoms. The van der Waals surface area contributed by atoms with Crippen molar-refractivity contribution >= 4 is 22.6 Å². The Balaban J connectivity index is 1.60. The Morgan fingerprint density at radius 2 is 1.83 bits per heavy atom. The molecular formula is C18H20N4O2. The quantitative estimate of drug-likeness (QED) is 0.801. The predicted molar refractivity (Wildman–Crippen MR) is 92.7 cm³/mol. The molecule has 0 saturated heterocycles. The number of fused-ring (bicyclic) bond motifs is 1. The maximum Gasteiger partial charge on any atom is 0.265 e. The Labute approximate surface area is 140 Å². The van der Waals surface area contributed by atoms with Crippen molar-refractivity contribution in [3.05, 3.63) is 54.1 Å². The van der Waals surface area contributed by atoms with Gasteiger partial charge >= 0.3 is 0 Å². The lowest BCUT2D eigenvalue weighted by molar-refractivity contribution is -0.121. The number of aromatic nitrogens is 3. The molecule has 0 atom stereocenters. The molecule has 1 aromatic heterocycles. The van der Waals surface area contributed by atoms with Crippen LogP contribution in [0.15, 0.2) is 48.5 Å². The third kappa shape index (κ3) is 3.53. The topological polar surface area (TPSA) is 69.0 Å². The third-order valence-electron chi connectivity index (χ3n) is 3.67. The first kappa shape index (κ1) is 16.0. The first-order valence-electron chi connectivity index (χ1n) is 7.77. The fourth-order valence-corrected chi connectivity index (χ4v) is 2.31. The standard InChI is InChI=1S/C18H20N4O2/c1-18(2,3)13-8-10-14(11-9-13)19-17(23)12-24-22-16-7-5-4-6-15(16)20-21-22/h4-11H,12H2,1-3H3,(H,19,23). The Kier molecular flexibility index (Phi) is 4.20. The van der Waals surface area contributed by atoms with Gasteiger partial charge in [0.25, 0.3) is 5.91 Å². The zero-order valence-electron chi connectivity index (χ0n) is 14.0. The summed E-state index contributed by atoms with van der Waals surface area (Å²) in [6.45, 7) is 6.30. The molecule has 2 aromatic carbocycles. The van der Waals surface area contributed by atoms with Gasteiger partial charge in [-0.25, -0.2) is 0 Å². The number of carbonyl (C=O) groups excluding carboxylic acids is 1. The van der Waals surface area contributed by atoms with Crippen molar-refractivity contribution in [3.8, 4) is 0 Å². The third-order valence-corrected chi connectivity index (χ3v) is 3.67. The van der Waals surface area contributed by atoms with Gasteiger partial charge in [-0.1, -0.05) is 49.9 Å². The van der Waals surface area contributed by atoms with Gasteiger partial charge in [0, 0.05) is 5.69 Å². The molecule has 0 spiro atoms. The smallest absolute Gasteiger partial charge is 0.265 e. The largest absolute Gasteiger partial charge is 0.385 e. The highest BCUT2D eigenvalue weighted by Gasteiger charge is 2.13. The van der Waals surface area contributed by atoms with Crippen molar-refractivity contribution in [2.24, 2.45) is 0 Å². The summed E-state index contributed by atoms with van der Waals surface area (Å²) in [5.74, 6) is -0.252. The van der Waals surface area contributed by atoms with Crippen molar-refractivity contribution in [3.63, 3.8) is 0 Å². The van der Waals surface area contributed by atoms with Gasteiger partial charge in [0.15, 0.2) is 6.61 Å². The number of amides is 1. The summed E-state index contributed by atoms with van der Waals surface area (Å²) in [4.78, 5) is 18.7. The molecule has 1 heterocycles. The van der Waals surface area contributed by atoms with Crippen molar-refractivity contribution in [2.45, 2.75) is 26.2 Å². The molecule has 0 aliphatic rings. The second-order valence-corrected chi connectivity index (χ2v) is 6.60. The summed E-state index contributed by atoms with van der Waals surface area (Å²) in [5, 5.41) is 10.7. The number of benzene rings is 2. The monoisotopic (exact) mass is 324 g/mol. The second-order valence-electron chi connectivity index (χ2n) is 6.60. The Morgan fingerprint density at radius 1 is 1.12 bits per heavy atom. The molecule has 0 aliphatic carbocycles. The van der Waals surface area contributed by atoms with E-state index in [4.69, 9.17) is 4.84 Å².